The number of rotatable bonds is 7. The summed E-state index contributed by atoms with van der Waals surface area (Å²) in [5.74, 6) is 1.54. The zero-order valence-corrected chi connectivity index (χ0v) is 17.6. The van der Waals surface area contributed by atoms with Crippen LogP contribution >= 0.6 is 27.5 Å². The zero-order chi connectivity index (χ0) is 20.2. The lowest BCUT2D eigenvalue weighted by Crippen LogP contribution is -2.08. The Morgan fingerprint density at radius 1 is 1.14 bits per heavy atom. The van der Waals surface area contributed by atoms with Crippen LogP contribution in [0, 0.1) is 5.82 Å². The molecule has 0 fully saturated rings. The second-order valence-corrected chi connectivity index (χ2v) is 7.64. The molecule has 0 saturated heterocycles. The Balaban J connectivity index is 1.35. The van der Waals surface area contributed by atoms with Crippen molar-refractivity contribution >= 4 is 56.0 Å². The molecule has 2 aromatic heterocycles. The minimum Gasteiger partial charge on any atom is -0.369 e. The second-order valence-electron chi connectivity index (χ2n) is 6.38. The molecule has 0 aliphatic rings. The number of hydrogen-bond donors (Lipinski definition) is 3. The molecule has 4 aromatic rings. The highest BCUT2D eigenvalue weighted by Crippen LogP contribution is 2.24. The first kappa shape index (κ1) is 19.6. The zero-order valence-electron chi connectivity index (χ0n) is 15.2. The van der Waals surface area contributed by atoms with Crippen LogP contribution in [0.4, 0.5) is 21.8 Å². The van der Waals surface area contributed by atoms with E-state index in [9.17, 15) is 4.39 Å². The third-order valence-electron chi connectivity index (χ3n) is 4.24. The van der Waals surface area contributed by atoms with Crippen molar-refractivity contribution in [1.82, 2.24) is 19.9 Å². The number of halogens is 3. The molecule has 0 spiro atoms. The van der Waals surface area contributed by atoms with Crippen molar-refractivity contribution in [3.8, 4) is 0 Å². The standard InChI is InChI=1S/C20H17BrClFN6/c21-13-11-25-20(26-12-7-8-15(23)14(22)10-12)29-19(13)24-9-3-6-18-27-16-4-1-2-5-17(16)28-18/h1-2,4-5,7-8,10-11H,3,6,9H2,(H,27,28)(H2,24,25,26,29). The van der Waals surface area contributed by atoms with Crippen LogP contribution in [-0.4, -0.2) is 26.5 Å². The molecule has 0 aliphatic heterocycles. The lowest BCUT2D eigenvalue weighted by atomic mass is 10.3. The SMILES string of the molecule is Fc1ccc(Nc2ncc(Br)c(NCCCc3nc4ccccc4[nH]3)n2)cc1Cl. The molecule has 0 saturated carbocycles. The van der Waals surface area contributed by atoms with Crippen LogP contribution in [0.1, 0.15) is 12.2 Å². The minimum absolute atomic E-state index is 0.0380. The predicted molar refractivity (Wildman–Crippen MR) is 117 cm³/mol. The Labute approximate surface area is 180 Å². The Morgan fingerprint density at radius 2 is 2.00 bits per heavy atom. The highest BCUT2D eigenvalue weighted by molar-refractivity contribution is 9.10. The van der Waals surface area contributed by atoms with Gasteiger partial charge in [-0.3, -0.25) is 0 Å². The molecule has 2 aromatic carbocycles. The maximum atomic E-state index is 13.3. The van der Waals surface area contributed by atoms with Crippen molar-refractivity contribution in [3.63, 3.8) is 0 Å². The molecule has 29 heavy (non-hydrogen) atoms. The van der Waals surface area contributed by atoms with Gasteiger partial charge in [0.25, 0.3) is 0 Å². The summed E-state index contributed by atoms with van der Waals surface area (Å²) in [7, 11) is 0. The van der Waals surface area contributed by atoms with Crippen molar-refractivity contribution < 1.29 is 4.39 Å². The quantitative estimate of drug-likeness (QED) is 0.299. The average molecular weight is 476 g/mol. The predicted octanol–water partition coefficient (Wildman–Crippen LogP) is 5.70. The summed E-state index contributed by atoms with van der Waals surface area (Å²) in [6.45, 7) is 0.717. The molecule has 0 amide bonds. The number of imidazole rings is 1. The van der Waals surface area contributed by atoms with Gasteiger partial charge in [-0.15, -0.1) is 0 Å². The topological polar surface area (TPSA) is 78.5 Å². The van der Waals surface area contributed by atoms with E-state index in [-0.39, 0.29) is 5.02 Å². The van der Waals surface area contributed by atoms with E-state index in [2.05, 4.69) is 46.5 Å². The van der Waals surface area contributed by atoms with Gasteiger partial charge in [0.2, 0.25) is 5.95 Å². The first-order valence-corrected chi connectivity index (χ1v) is 10.2. The van der Waals surface area contributed by atoms with Crippen molar-refractivity contribution in [1.29, 1.82) is 0 Å². The fourth-order valence-electron chi connectivity index (χ4n) is 2.84. The average Bonchev–Trinajstić information content (AvgIpc) is 3.13. The van der Waals surface area contributed by atoms with Crippen molar-refractivity contribution in [2.24, 2.45) is 0 Å². The van der Waals surface area contributed by atoms with Gasteiger partial charge in [-0.2, -0.15) is 4.98 Å². The van der Waals surface area contributed by atoms with E-state index in [0.29, 0.717) is 24.0 Å². The maximum absolute atomic E-state index is 13.3. The number of anilines is 3. The molecule has 148 valence electrons. The van der Waals surface area contributed by atoms with Gasteiger partial charge in [-0.1, -0.05) is 23.7 Å². The normalized spacial score (nSPS) is 11.0. The van der Waals surface area contributed by atoms with E-state index < -0.39 is 5.82 Å². The Kier molecular flexibility index (Phi) is 5.92. The third-order valence-corrected chi connectivity index (χ3v) is 5.11. The summed E-state index contributed by atoms with van der Waals surface area (Å²) in [5.41, 5.74) is 2.63. The molecule has 0 unspecified atom stereocenters. The van der Waals surface area contributed by atoms with E-state index in [1.165, 1.54) is 12.1 Å². The van der Waals surface area contributed by atoms with Gasteiger partial charge in [0.15, 0.2) is 0 Å². The molecular weight excluding hydrogens is 459 g/mol. The summed E-state index contributed by atoms with van der Waals surface area (Å²) < 4.78 is 14.1. The van der Waals surface area contributed by atoms with E-state index >= 15 is 0 Å². The molecule has 0 radical (unpaired) electrons. The number of aromatic nitrogens is 4. The van der Waals surface area contributed by atoms with Crippen molar-refractivity contribution in [3.05, 3.63) is 69.8 Å². The Bertz CT molecular complexity index is 1120. The number of benzene rings is 2. The molecule has 4 rings (SSSR count). The second kappa shape index (κ2) is 8.75. The summed E-state index contributed by atoms with van der Waals surface area (Å²) in [5, 5.41) is 6.36. The van der Waals surface area contributed by atoms with Crippen LogP contribution in [0.15, 0.2) is 53.1 Å². The monoisotopic (exact) mass is 474 g/mol. The van der Waals surface area contributed by atoms with Crippen molar-refractivity contribution in [2.45, 2.75) is 12.8 Å². The summed E-state index contributed by atoms with van der Waals surface area (Å²) >= 11 is 9.27. The first-order valence-electron chi connectivity index (χ1n) is 9.00. The number of fused-ring (bicyclic) bond motifs is 1. The first-order chi connectivity index (χ1) is 14.1. The molecule has 0 bridgehead atoms. The number of hydrogen-bond acceptors (Lipinski definition) is 5. The van der Waals surface area contributed by atoms with E-state index in [4.69, 9.17) is 11.6 Å². The molecule has 3 N–H and O–H groups in total. The molecule has 6 nitrogen and oxygen atoms in total. The third kappa shape index (κ3) is 4.83. The van der Waals surface area contributed by atoms with Crippen LogP contribution in [0.3, 0.4) is 0 Å². The largest absolute Gasteiger partial charge is 0.369 e. The van der Waals surface area contributed by atoms with Gasteiger partial charge < -0.3 is 15.6 Å². The van der Waals surface area contributed by atoms with Crippen LogP contribution in [-0.2, 0) is 6.42 Å². The number of H-pyrrole nitrogens is 1. The number of aromatic amines is 1. The van der Waals surface area contributed by atoms with Gasteiger partial charge >= 0.3 is 0 Å². The van der Waals surface area contributed by atoms with Crippen LogP contribution < -0.4 is 10.6 Å². The van der Waals surface area contributed by atoms with Crippen molar-refractivity contribution in [2.75, 3.05) is 17.2 Å². The fraction of sp³-hybridized carbons (Fsp3) is 0.150. The summed E-state index contributed by atoms with van der Waals surface area (Å²) in [6.07, 6.45) is 3.36. The number of para-hydroxylation sites is 2. The minimum atomic E-state index is -0.472. The number of nitrogens with one attached hydrogen (secondary N) is 3. The van der Waals surface area contributed by atoms with Crippen LogP contribution in [0.2, 0.25) is 5.02 Å². The van der Waals surface area contributed by atoms with Gasteiger partial charge in [0.05, 0.1) is 20.5 Å². The van der Waals surface area contributed by atoms with Gasteiger partial charge in [0, 0.05) is 24.8 Å². The van der Waals surface area contributed by atoms with Gasteiger partial charge in [-0.05, 0) is 52.7 Å². The van der Waals surface area contributed by atoms with Gasteiger partial charge in [-0.25, -0.2) is 14.4 Å². The van der Waals surface area contributed by atoms with Crippen LogP contribution in [0.25, 0.3) is 11.0 Å². The molecule has 0 atom stereocenters. The highest BCUT2D eigenvalue weighted by atomic mass is 79.9. The van der Waals surface area contributed by atoms with Crippen LogP contribution in [0.5, 0.6) is 0 Å². The molecular formula is C20H17BrClFN6. The van der Waals surface area contributed by atoms with E-state index in [1.807, 2.05) is 24.3 Å². The number of aryl methyl sites for hydroxylation is 1. The fourth-order valence-corrected chi connectivity index (χ4v) is 3.35. The Hall–Kier alpha value is -2.71. The lowest BCUT2D eigenvalue weighted by molar-refractivity contribution is 0.628. The molecule has 2 heterocycles. The van der Waals surface area contributed by atoms with E-state index in [1.54, 1.807) is 12.3 Å². The smallest absolute Gasteiger partial charge is 0.229 e. The lowest BCUT2D eigenvalue weighted by Gasteiger charge is -2.10. The number of nitrogens with zero attached hydrogens (tertiary/aromatic N) is 3. The molecule has 0 aliphatic carbocycles. The Morgan fingerprint density at radius 3 is 2.83 bits per heavy atom. The maximum Gasteiger partial charge on any atom is 0.229 e. The highest BCUT2D eigenvalue weighted by Gasteiger charge is 2.07. The van der Waals surface area contributed by atoms with E-state index in [0.717, 1.165) is 34.2 Å². The molecule has 9 heteroatoms. The van der Waals surface area contributed by atoms with Gasteiger partial charge in [0.1, 0.15) is 17.5 Å². The summed E-state index contributed by atoms with van der Waals surface area (Å²) in [6, 6.07) is 12.3. The summed E-state index contributed by atoms with van der Waals surface area (Å²) in [4.78, 5) is 16.6.